The summed E-state index contributed by atoms with van der Waals surface area (Å²) in [4.78, 5) is 5.85. The van der Waals surface area contributed by atoms with E-state index in [9.17, 15) is 0 Å². The Morgan fingerprint density at radius 3 is 2.88 bits per heavy atom. The Bertz CT molecular complexity index is 575. The molecule has 0 aliphatic heterocycles. The van der Waals surface area contributed by atoms with Crippen molar-refractivity contribution in [2.24, 2.45) is 5.41 Å². The minimum absolute atomic E-state index is 0.598. The average Bonchev–Trinajstić information content (AvgIpc) is 2.95. The maximum Gasteiger partial charge on any atom is 0.212 e. The molecule has 0 aromatic carbocycles. The predicted octanol–water partition coefficient (Wildman–Crippen LogP) is 3.15. The Morgan fingerprint density at radius 2 is 2.06 bits per heavy atom. The lowest BCUT2D eigenvalue weighted by Gasteiger charge is -2.32. The zero-order valence-corrected chi connectivity index (χ0v) is 11.0. The third-order valence-electron chi connectivity index (χ3n) is 4.58. The van der Waals surface area contributed by atoms with E-state index >= 15 is 0 Å². The molecule has 2 aliphatic rings. The lowest BCUT2D eigenvalue weighted by Crippen LogP contribution is -2.26. The summed E-state index contributed by atoms with van der Waals surface area (Å²) >= 11 is 1.72. The molecule has 2 heterocycles. The highest BCUT2D eigenvalue weighted by Crippen LogP contribution is 2.47. The average molecular weight is 247 g/mol. The van der Waals surface area contributed by atoms with Gasteiger partial charge in [-0.15, -0.1) is 0 Å². The number of hydrogen-bond donors (Lipinski definition) is 0. The highest BCUT2D eigenvalue weighted by molar-refractivity contribution is 7.16. The summed E-state index contributed by atoms with van der Waals surface area (Å²) in [6, 6.07) is 0. The van der Waals surface area contributed by atoms with Gasteiger partial charge >= 0.3 is 0 Å². The third-order valence-corrected chi connectivity index (χ3v) is 5.40. The fraction of sp³-hybridized carbons (Fsp3) is 0.692. The number of aryl methyl sites for hydroxylation is 2. The first-order valence-corrected chi connectivity index (χ1v) is 7.41. The van der Waals surface area contributed by atoms with Crippen molar-refractivity contribution in [3.8, 4) is 0 Å². The molecule has 0 saturated heterocycles. The molecule has 0 bridgehead atoms. The summed E-state index contributed by atoms with van der Waals surface area (Å²) in [6.45, 7) is 2.07. The van der Waals surface area contributed by atoms with E-state index in [1.807, 2.05) is 0 Å². The molecule has 0 amide bonds. The van der Waals surface area contributed by atoms with Gasteiger partial charge < -0.3 is 0 Å². The number of hydrogen-bond acceptors (Lipinski definition) is 3. The standard InChI is InChI=1S/C13H17N3S/c1-9-15-16-11-8-13(5-2-3-6-13)7-4-10(11)14-12(16)17-9/h2-8H2,1H3. The molecule has 1 fully saturated rings. The maximum absolute atomic E-state index is 4.75. The highest BCUT2D eigenvalue weighted by atomic mass is 32.1. The van der Waals surface area contributed by atoms with Crippen molar-refractivity contribution in [3.63, 3.8) is 0 Å². The van der Waals surface area contributed by atoms with Gasteiger partial charge in [0.15, 0.2) is 0 Å². The van der Waals surface area contributed by atoms with E-state index in [0.717, 1.165) is 9.97 Å². The van der Waals surface area contributed by atoms with Crippen LogP contribution in [0.3, 0.4) is 0 Å². The number of imidazole rings is 1. The monoisotopic (exact) mass is 247 g/mol. The van der Waals surface area contributed by atoms with Crippen LogP contribution < -0.4 is 0 Å². The molecule has 2 aromatic heterocycles. The second-order valence-corrected chi connectivity index (χ2v) is 6.86. The van der Waals surface area contributed by atoms with E-state index in [1.54, 1.807) is 11.3 Å². The number of fused-ring (bicyclic) bond motifs is 3. The molecule has 0 radical (unpaired) electrons. The molecule has 4 heteroatoms. The summed E-state index contributed by atoms with van der Waals surface area (Å²) in [5, 5.41) is 5.74. The predicted molar refractivity (Wildman–Crippen MR) is 68.5 cm³/mol. The summed E-state index contributed by atoms with van der Waals surface area (Å²) in [7, 11) is 0. The van der Waals surface area contributed by atoms with Gasteiger partial charge in [0.25, 0.3) is 0 Å². The van der Waals surface area contributed by atoms with Crippen molar-refractivity contribution in [1.82, 2.24) is 14.6 Å². The van der Waals surface area contributed by atoms with Crippen molar-refractivity contribution in [1.29, 1.82) is 0 Å². The van der Waals surface area contributed by atoms with Gasteiger partial charge in [0.2, 0.25) is 4.96 Å². The molecule has 4 rings (SSSR count). The molecule has 0 unspecified atom stereocenters. The first-order valence-electron chi connectivity index (χ1n) is 6.60. The third kappa shape index (κ3) is 1.39. The molecule has 0 N–H and O–H groups in total. The molecule has 1 spiro atoms. The van der Waals surface area contributed by atoms with Crippen LogP contribution in [0, 0.1) is 12.3 Å². The van der Waals surface area contributed by atoms with Gasteiger partial charge in [0, 0.05) is 0 Å². The topological polar surface area (TPSA) is 30.2 Å². The van der Waals surface area contributed by atoms with Crippen LogP contribution in [0.5, 0.6) is 0 Å². The highest BCUT2D eigenvalue weighted by Gasteiger charge is 2.39. The molecule has 17 heavy (non-hydrogen) atoms. The van der Waals surface area contributed by atoms with E-state index in [4.69, 9.17) is 4.98 Å². The minimum atomic E-state index is 0.598. The molecule has 0 atom stereocenters. The van der Waals surface area contributed by atoms with Crippen LogP contribution in [-0.2, 0) is 12.8 Å². The molecular formula is C13H17N3S. The largest absolute Gasteiger partial charge is 0.222 e. The van der Waals surface area contributed by atoms with Crippen molar-refractivity contribution < 1.29 is 0 Å². The Kier molecular flexibility index (Phi) is 1.96. The zero-order valence-electron chi connectivity index (χ0n) is 10.2. The van der Waals surface area contributed by atoms with Gasteiger partial charge in [-0.05, 0) is 44.4 Å². The Morgan fingerprint density at radius 1 is 1.24 bits per heavy atom. The zero-order chi connectivity index (χ0) is 11.5. The van der Waals surface area contributed by atoms with Gasteiger partial charge in [-0.3, -0.25) is 0 Å². The summed E-state index contributed by atoms with van der Waals surface area (Å²) in [5.41, 5.74) is 3.33. The van der Waals surface area contributed by atoms with E-state index < -0.39 is 0 Å². The smallest absolute Gasteiger partial charge is 0.212 e. The Balaban J connectivity index is 1.83. The lowest BCUT2D eigenvalue weighted by atomic mass is 9.73. The molecule has 2 aromatic rings. The van der Waals surface area contributed by atoms with Crippen LogP contribution >= 0.6 is 11.3 Å². The second-order valence-electron chi connectivity index (χ2n) is 5.70. The van der Waals surface area contributed by atoms with Crippen molar-refractivity contribution in [3.05, 3.63) is 16.4 Å². The lowest BCUT2D eigenvalue weighted by molar-refractivity contribution is 0.249. The normalized spacial score (nSPS) is 22.4. The summed E-state index contributed by atoms with van der Waals surface area (Å²) < 4.78 is 2.12. The number of nitrogens with zero attached hydrogens (tertiary/aromatic N) is 3. The molecule has 90 valence electrons. The summed E-state index contributed by atoms with van der Waals surface area (Å²) in [6.07, 6.45) is 9.42. The van der Waals surface area contributed by atoms with Gasteiger partial charge in [0.05, 0.1) is 11.4 Å². The van der Waals surface area contributed by atoms with E-state index in [0.29, 0.717) is 5.41 Å². The van der Waals surface area contributed by atoms with Crippen molar-refractivity contribution >= 4 is 16.3 Å². The Labute approximate surface area is 105 Å². The van der Waals surface area contributed by atoms with Gasteiger partial charge in [-0.2, -0.15) is 5.10 Å². The van der Waals surface area contributed by atoms with Crippen LogP contribution in [0.15, 0.2) is 0 Å². The first kappa shape index (κ1) is 10.1. The van der Waals surface area contributed by atoms with Gasteiger partial charge in [-0.25, -0.2) is 9.50 Å². The fourth-order valence-electron chi connectivity index (χ4n) is 3.68. The van der Waals surface area contributed by atoms with Crippen molar-refractivity contribution in [2.45, 2.75) is 51.9 Å². The van der Waals surface area contributed by atoms with Crippen LogP contribution in [0.4, 0.5) is 0 Å². The van der Waals surface area contributed by atoms with Gasteiger partial charge in [-0.1, -0.05) is 24.2 Å². The van der Waals surface area contributed by atoms with Crippen molar-refractivity contribution in [2.75, 3.05) is 0 Å². The van der Waals surface area contributed by atoms with E-state index in [-0.39, 0.29) is 0 Å². The number of rotatable bonds is 0. The van der Waals surface area contributed by atoms with Crippen LogP contribution in [0.25, 0.3) is 4.96 Å². The minimum Gasteiger partial charge on any atom is -0.222 e. The molecule has 3 nitrogen and oxygen atoms in total. The SMILES string of the molecule is Cc1nn2c3c(nc2s1)CCC1(CCCC1)C3. The Hall–Kier alpha value is -0.900. The van der Waals surface area contributed by atoms with E-state index in [2.05, 4.69) is 16.5 Å². The first-order chi connectivity index (χ1) is 8.26. The molecule has 1 saturated carbocycles. The molecule has 2 aliphatic carbocycles. The maximum atomic E-state index is 4.75. The molecular weight excluding hydrogens is 230 g/mol. The second kappa shape index (κ2) is 3.31. The van der Waals surface area contributed by atoms with Gasteiger partial charge in [0.1, 0.15) is 5.01 Å². The van der Waals surface area contributed by atoms with Crippen LogP contribution in [-0.4, -0.2) is 14.6 Å². The summed E-state index contributed by atoms with van der Waals surface area (Å²) in [5.74, 6) is 0. The quantitative estimate of drug-likeness (QED) is 0.716. The van der Waals surface area contributed by atoms with Crippen LogP contribution in [0.1, 0.15) is 48.5 Å². The fourth-order valence-corrected chi connectivity index (χ4v) is 4.46. The van der Waals surface area contributed by atoms with Crippen LogP contribution in [0.2, 0.25) is 0 Å². The van der Waals surface area contributed by atoms with E-state index in [1.165, 1.54) is 56.3 Å². The number of aromatic nitrogens is 3.